The van der Waals surface area contributed by atoms with Crippen molar-refractivity contribution < 1.29 is 27.5 Å². The van der Waals surface area contributed by atoms with E-state index in [1.807, 2.05) is 0 Å². The van der Waals surface area contributed by atoms with Gasteiger partial charge in [0, 0.05) is 11.5 Å². The van der Waals surface area contributed by atoms with Crippen LogP contribution in [-0.2, 0) is 21.8 Å². The summed E-state index contributed by atoms with van der Waals surface area (Å²) in [4.78, 5) is 35.4. The van der Waals surface area contributed by atoms with E-state index >= 15 is 0 Å². The molecule has 0 saturated carbocycles. The van der Waals surface area contributed by atoms with E-state index in [0.717, 1.165) is 17.7 Å². The molecule has 1 heterocycles. The van der Waals surface area contributed by atoms with Crippen molar-refractivity contribution in [2.75, 3.05) is 14.2 Å². The fourth-order valence-corrected chi connectivity index (χ4v) is 3.60. The highest BCUT2D eigenvalue weighted by Crippen LogP contribution is 2.22. The Morgan fingerprint density at radius 2 is 1.92 bits per heavy atom. The second-order valence-corrected chi connectivity index (χ2v) is 7.35. The van der Waals surface area contributed by atoms with Gasteiger partial charge in [-0.2, -0.15) is 0 Å². The summed E-state index contributed by atoms with van der Waals surface area (Å²) < 4.78 is 37.6. The number of carbonyl (C=O) groups excluding carboxylic acids is 2. The van der Waals surface area contributed by atoms with E-state index < -0.39 is 32.6 Å². The van der Waals surface area contributed by atoms with Gasteiger partial charge >= 0.3 is 23.7 Å². The summed E-state index contributed by atoms with van der Waals surface area (Å²) in [6, 6.07) is 2.22. The average Bonchev–Trinajstić information content (AvgIpc) is 2.88. The number of sulfonamides is 1. The summed E-state index contributed by atoms with van der Waals surface area (Å²) >= 11 is 3.09. The molecule has 26 heavy (non-hydrogen) atoms. The van der Waals surface area contributed by atoms with E-state index in [9.17, 15) is 22.8 Å². The van der Waals surface area contributed by atoms with Crippen LogP contribution < -0.4 is 15.1 Å². The largest absolute Gasteiger partial charge is 0.467 e. The average molecular weight is 449 g/mol. The topological polar surface area (TPSA) is 139 Å². The first-order valence-corrected chi connectivity index (χ1v) is 9.05. The van der Waals surface area contributed by atoms with Gasteiger partial charge in [0.15, 0.2) is 0 Å². The number of methoxy groups -OCH3 is 2. The Morgan fingerprint density at radius 3 is 2.46 bits per heavy atom. The summed E-state index contributed by atoms with van der Waals surface area (Å²) in [5.41, 5.74) is -1.21. The minimum Gasteiger partial charge on any atom is -0.467 e. The van der Waals surface area contributed by atoms with Crippen LogP contribution in [0.25, 0.3) is 0 Å². The van der Waals surface area contributed by atoms with Crippen LogP contribution in [0.1, 0.15) is 10.4 Å². The molecule has 1 N–H and O–H groups in total. The number of nitrogens with one attached hydrogen (secondary N) is 1. The molecule has 0 bridgehead atoms. The monoisotopic (exact) mass is 448 g/mol. The number of nitrogens with zero attached hydrogens (tertiary/aromatic N) is 3. The second kappa shape index (κ2) is 7.29. The Labute approximate surface area is 155 Å². The summed E-state index contributed by atoms with van der Waals surface area (Å²) in [5.74, 6) is -0.915. The van der Waals surface area contributed by atoms with Crippen molar-refractivity contribution in [1.29, 1.82) is 0 Å². The lowest BCUT2D eigenvalue weighted by Crippen LogP contribution is -2.40. The van der Waals surface area contributed by atoms with E-state index in [2.05, 4.69) is 25.8 Å². The van der Waals surface area contributed by atoms with Crippen molar-refractivity contribution >= 4 is 38.0 Å². The molecule has 0 aliphatic carbocycles. The van der Waals surface area contributed by atoms with Crippen molar-refractivity contribution in [1.82, 2.24) is 19.1 Å². The Morgan fingerprint density at radius 1 is 1.27 bits per heavy atom. The van der Waals surface area contributed by atoms with Gasteiger partial charge in [0.05, 0.1) is 19.8 Å². The molecule has 1 aromatic carbocycles. The van der Waals surface area contributed by atoms with Crippen molar-refractivity contribution in [3.05, 3.63) is 38.7 Å². The number of carbonyl (C=O) groups is 2. The lowest BCUT2D eigenvalue weighted by Gasteiger charge is -2.10. The fourth-order valence-electron chi connectivity index (χ4n) is 1.94. The molecule has 0 unspecified atom stereocenters. The Balaban J connectivity index is 2.47. The molecule has 11 nitrogen and oxygen atoms in total. The summed E-state index contributed by atoms with van der Waals surface area (Å²) in [6.07, 6.45) is 0. The van der Waals surface area contributed by atoms with Gasteiger partial charge in [-0.25, -0.2) is 32.1 Å². The van der Waals surface area contributed by atoms with E-state index in [0.29, 0.717) is 4.47 Å². The Bertz CT molecular complexity index is 1040. The van der Waals surface area contributed by atoms with Crippen LogP contribution in [0.5, 0.6) is 6.01 Å². The first-order valence-electron chi connectivity index (χ1n) is 6.77. The zero-order valence-electron chi connectivity index (χ0n) is 13.7. The molecular formula is C13H13BrN4O7S. The van der Waals surface area contributed by atoms with Crippen LogP contribution in [0, 0.1) is 0 Å². The number of rotatable bonds is 4. The minimum absolute atomic E-state index is 0.194. The lowest BCUT2D eigenvalue weighted by atomic mass is 10.2. The molecule has 2 rings (SSSR count). The highest BCUT2D eigenvalue weighted by Gasteiger charge is 2.27. The van der Waals surface area contributed by atoms with Crippen LogP contribution in [0.3, 0.4) is 0 Å². The maximum Gasteiger partial charge on any atom is 0.360 e. The van der Waals surface area contributed by atoms with Crippen molar-refractivity contribution in [3.8, 4) is 6.01 Å². The third kappa shape index (κ3) is 3.62. The first-order chi connectivity index (χ1) is 12.1. The van der Waals surface area contributed by atoms with Crippen molar-refractivity contribution in [3.63, 3.8) is 0 Å². The molecule has 0 spiro atoms. The highest BCUT2D eigenvalue weighted by atomic mass is 79.9. The first kappa shape index (κ1) is 19.7. The number of amides is 1. The summed E-state index contributed by atoms with van der Waals surface area (Å²) in [5, 5.41) is 3.56. The third-order valence-electron chi connectivity index (χ3n) is 3.18. The van der Waals surface area contributed by atoms with Gasteiger partial charge in [-0.3, -0.25) is 0 Å². The fraction of sp³-hybridized carbons (Fsp3) is 0.231. The van der Waals surface area contributed by atoms with E-state index in [1.54, 1.807) is 4.72 Å². The van der Waals surface area contributed by atoms with E-state index in [4.69, 9.17) is 4.74 Å². The van der Waals surface area contributed by atoms with Crippen molar-refractivity contribution in [2.24, 2.45) is 7.05 Å². The van der Waals surface area contributed by atoms with E-state index in [-0.39, 0.29) is 16.3 Å². The molecule has 0 radical (unpaired) electrons. The molecule has 1 aromatic heterocycles. The summed E-state index contributed by atoms with van der Waals surface area (Å²) in [7, 11) is -0.926. The van der Waals surface area contributed by atoms with Gasteiger partial charge in [0.25, 0.3) is 10.0 Å². The summed E-state index contributed by atoms with van der Waals surface area (Å²) in [6.45, 7) is 0. The van der Waals surface area contributed by atoms with Gasteiger partial charge in [-0.15, -0.1) is 9.78 Å². The number of hydrogen-bond acceptors (Lipinski definition) is 8. The van der Waals surface area contributed by atoms with Crippen LogP contribution in [0.15, 0.2) is 32.4 Å². The smallest absolute Gasteiger partial charge is 0.360 e. The van der Waals surface area contributed by atoms with Crippen LogP contribution in [0.4, 0.5) is 4.79 Å². The van der Waals surface area contributed by atoms with E-state index in [1.165, 1.54) is 26.3 Å². The van der Waals surface area contributed by atoms with Gasteiger partial charge in [-0.05, 0) is 18.2 Å². The molecule has 0 atom stereocenters. The van der Waals surface area contributed by atoms with Crippen LogP contribution in [-0.4, -0.2) is 49.0 Å². The number of aromatic nitrogens is 3. The molecule has 0 fully saturated rings. The Kier molecular flexibility index (Phi) is 5.51. The quantitative estimate of drug-likeness (QED) is 0.648. The highest BCUT2D eigenvalue weighted by molar-refractivity contribution is 9.10. The molecule has 0 saturated heterocycles. The molecule has 0 aliphatic rings. The van der Waals surface area contributed by atoms with Crippen LogP contribution >= 0.6 is 15.9 Å². The number of hydrogen-bond donors (Lipinski definition) is 1. The molecule has 1 amide bonds. The second-order valence-electron chi connectivity index (χ2n) is 4.78. The number of benzene rings is 1. The predicted molar refractivity (Wildman–Crippen MR) is 90.6 cm³/mol. The molecule has 13 heteroatoms. The Hall–Kier alpha value is -2.67. The van der Waals surface area contributed by atoms with Crippen molar-refractivity contribution in [2.45, 2.75) is 4.90 Å². The lowest BCUT2D eigenvalue weighted by molar-refractivity contribution is 0.0596. The zero-order valence-corrected chi connectivity index (χ0v) is 16.1. The standard InChI is InChI=1S/C13H13BrN4O7S/c1-17-12(25-3)15-18(13(17)21)11(20)16-26(22,23)9-6-7(14)4-5-8(9)10(19)24-2/h4-6H,1-3H3,(H,16,20). The minimum atomic E-state index is -4.52. The van der Waals surface area contributed by atoms with Gasteiger partial charge in [0.2, 0.25) is 0 Å². The van der Waals surface area contributed by atoms with Gasteiger partial charge in [0.1, 0.15) is 4.90 Å². The van der Waals surface area contributed by atoms with Gasteiger partial charge < -0.3 is 9.47 Å². The number of halogens is 1. The SMILES string of the molecule is COC(=O)c1ccc(Br)cc1S(=O)(=O)NC(=O)n1nc(OC)n(C)c1=O. The molecular weight excluding hydrogens is 436 g/mol. The van der Waals surface area contributed by atoms with Gasteiger partial charge in [-0.1, -0.05) is 15.9 Å². The maximum atomic E-state index is 12.5. The zero-order chi connectivity index (χ0) is 19.6. The number of ether oxygens (including phenoxy) is 2. The molecule has 0 aliphatic heterocycles. The third-order valence-corrected chi connectivity index (χ3v) is 5.03. The normalized spacial score (nSPS) is 11.1. The molecule has 140 valence electrons. The number of esters is 1. The van der Waals surface area contributed by atoms with Crippen LogP contribution in [0.2, 0.25) is 0 Å². The predicted octanol–water partition coefficient (Wildman–Crippen LogP) is 0.0861. The maximum absolute atomic E-state index is 12.5. The molecule has 2 aromatic rings.